The van der Waals surface area contributed by atoms with Gasteiger partial charge in [-0.05, 0) is 43.2 Å². The molecule has 4 N–H and O–H groups in total. The minimum Gasteiger partial charge on any atom is -0.396 e. The highest BCUT2D eigenvalue weighted by Crippen LogP contribution is 2.31. The normalized spacial score (nSPS) is 14.2. The zero-order valence-corrected chi connectivity index (χ0v) is 15.2. The summed E-state index contributed by atoms with van der Waals surface area (Å²) < 4.78 is 0. The molecule has 7 heteroatoms. The van der Waals surface area contributed by atoms with Gasteiger partial charge < -0.3 is 20.6 Å². The number of aromatic nitrogens is 3. The minimum atomic E-state index is -0.315. The SMILES string of the molecule is Nc1c(-c2nc3ccccc3[nH]c2=O)[nH]c2ccc(C(=O)N3CCCC3)cc12. The zero-order chi connectivity index (χ0) is 19.3. The Morgan fingerprint density at radius 3 is 2.64 bits per heavy atom. The third kappa shape index (κ3) is 2.55. The highest BCUT2D eigenvalue weighted by Gasteiger charge is 2.21. The fraction of sp³-hybridized carbons (Fsp3) is 0.190. The first-order valence-electron chi connectivity index (χ1n) is 9.32. The lowest BCUT2D eigenvalue weighted by Crippen LogP contribution is -2.27. The molecule has 1 aliphatic rings. The van der Waals surface area contributed by atoms with E-state index in [1.54, 1.807) is 18.2 Å². The number of rotatable bonds is 2. The second-order valence-corrected chi connectivity index (χ2v) is 7.11. The summed E-state index contributed by atoms with van der Waals surface area (Å²) in [6.45, 7) is 1.59. The number of anilines is 1. The number of carbonyl (C=O) groups excluding carboxylic acids is 1. The molecule has 0 unspecified atom stereocenters. The summed E-state index contributed by atoms with van der Waals surface area (Å²) in [5, 5.41) is 0.717. The molecule has 0 radical (unpaired) electrons. The maximum absolute atomic E-state index is 12.7. The van der Waals surface area contributed by atoms with Crippen LogP contribution in [0.4, 0.5) is 5.69 Å². The third-order valence-corrected chi connectivity index (χ3v) is 5.32. The number of likely N-dealkylation sites (tertiary alicyclic amines) is 1. The molecule has 0 saturated carbocycles. The molecular weight excluding hydrogens is 354 g/mol. The van der Waals surface area contributed by atoms with Gasteiger partial charge >= 0.3 is 0 Å². The van der Waals surface area contributed by atoms with Crippen molar-refractivity contribution in [1.82, 2.24) is 19.9 Å². The van der Waals surface area contributed by atoms with E-state index in [1.165, 1.54) is 0 Å². The van der Waals surface area contributed by atoms with Gasteiger partial charge in [-0.15, -0.1) is 0 Å². The number of hydrogen-bond acceptors (Lipinski definition) is 4. The highest BCUT2D eigenvalue weighted by atomic mass is 16.2. The molecule has 1 fully saturated rings. The molecule has 5 rings (SSSR count). The van der Waals surface area contributed by atoms with Crippen LogP contribution in [0.3, 0.4) is 0 Å². The number of nitrogens with two attached hydrogens (primary N) is 1. The van der Waals surface area contributed by atoms with Crippen molar-refractivity contribution in [3.8, 4) is 11.4 Å². The van der Waals surface area contributed by atoms with Crippen LogP contribution in [0.25, 0.3) is 33.3 Å². The number of aromatic amines is 2. The molecule has 1 aliphatic heterocycles. The number of fused-ring (bicyclic) bond motifs is 2. The van der Waals surface area contributed by atoms with Crippen LogP contribution in [0.1, 0.15) is 23.2 Å². The van der Waals surface area contributed by atoms with Crippen molar-refractivity contribution in [1.29, 1.82) is 0 Å². The molecule has 28 heavy (non-hydrogen) atoms. The number of para-hydroxylation sites is 2. The van der Waals surface area contributed by atoms with Crippen LogP contribution in [0.2, 0.25) is 0 Å². The van der Waals surface area contributed by atoms with Gasteiger partial charge in [0.2, 0.25) is 0 Å². The Bertz CT molecular complexity index is 1280. The number of nitrogens with one attached hydrogen (secondary N) is 2. The molecular formula is C21H19N5O2. The van der Waals surface area contributed by atoms with Crippen molar-refractivity contribution in [2.24, 2.45) is 0 Å². The van der Waals surface area contributed by atoms with Gasteiger partial charge in [-0.1, -0.05) is 12.1 Å². The lowest BCUT2D eigenvalue weighted by molar-refractivity contribution is 0.0793. The average molecular weight is 373 g/mol. The molecule has 0 spiro atoms. The van der Waals surface area contributed by atoms with E-state index in [4.69, 9.17) is 5.73 Å². The standard InChI is InChI=1S/C21H19N5O2/c22-17-13-11-12(21(28)26-9-3-4-10-26)7-8-14(13)23-18(17)19-20(27)25-16-6-2-1-5-15(16)24-19/h1-2,5-8,11,23H,3-4,9-10,22H2,(H,25,27). The van der Waals surface area contributed by atoms with E-state index in [0.29, 0.717) is 28.0 Å². The molecule has 0 bridgehead atoms. The molecule has 2 aromatic carbocycles. The van der Waals surface area contributed by atoms with E-state index in [2.05, 4.69) is 15.0 Å². The second kappa shape index (κ2) is 6.23. The average Bonchev–Trinajstić information content (AvgIpc) is 3.35. The van der Waals surface area contributed by atoms with E-state index in [-0.39, 0.29) is 17.2 Å². The van der Waals surface area contributed by atoms with Gasteiger partial charge in [0.1, 0.15) is 0 Å². The summed E-state index contributed by atoms with van der Waals surface area (Å²) in [7, 11) is 0. The number of carbonyl (C=O) groups is 1. The summed E-state index contributed by atoms with van der Waals surface area (Å²) in [6, 6.07) is 12.8. The maximum atomic E-state index is 12.7. The van der Waals surface area contributed by atoms with Crippen molar-refractivity contribution in [3.63, 3.8) is 0 Å². The Labute approximate surface area is 160 Å². The van der Waals surface area contributed by atoms with Crippen LogP contribution in [-0.2, 0) is 0 Å². The van der Waals surface area contributed by atoms with Crippen LogP contribution in [0.15, 0.2) is 47.3 Å². The molecule has 3 heterocycles. The van der Waals surface area contributed by atoms with Gasteiger partial charge in [0.25, 0.3) is 11.5 Å². The lowest BCUT2D eigenvalue weighted by atomic mass is 10.1. The van der Waals surface area contributed by atoms with E-state index >= 15 is 0 Å². The third-order valence-electron chi connectivity index (χ3n) is 5.32. The van der Waals surface area contributed by atoms with E-state index in [1.807, 2.05) is 29.2 Å². The summed E-state index contributed by atoms with van der Waals surface area (Å²) >= 11 is 0. The van der Waals surface area contributed by atoms with Gasteiger partial charge in [0.15, 0.2) is 5.69 Å². The van der Waals surface area contributed by atoms with Gasteiger partial charge in [0, 0.05) is 29.6 Å². The van der Waals surface area contributed by atoms with Crippen molar-refractivity contribution >= 4 is 33.5 Å². The Morgan fingerprint density at radius 2 is 1.82 bits per heavy atom. The Morgan fingerprint density at radius 1 is 1.04 bits per heavy atom. The predicted molar refractivity (Wildman–Crippen MR) is 109 cm³/mol. The lowest BCUT2D eigenvalue weighted by Gasteiger charge is -2.15. The first kappa shape index (κ1) is 16.6. The summed E-state index contributed by atoms with van der Waals surface area (Å²) in [4.78, 5) is 37.6. The first-order valence-corrected chi connectivity index (χ1v) is 9.32. The second-order valence-electron chi connectivity index (χ2n) is 7.11. The number of benzene rings is 2. The van der Waals surface area contributed by atoms with Crippen molar-refractivity contribution in [3.05, 3.63) is 58.4 Å². The van der Waals surface area contributed by atoms with Gasteiger partial charge in [-0.25, -0.2) is 4.98 Å². The first-order chi connectivity index (χ1) is 13.6. The fourth-order valence-corrected chi connectivity index (χ4v) is 3.83. The minimum absolute atomic E-state index is 0.0169. The predicted octanol–water partition coefficient (Wildman–Crippen LogP) is 2.89. The Kier molecular flexibility index (Phi) is 3.68. The van der Waals surface area contributed by atoms with Crippen molar-refractivity contribution in [2.75, 3.05) is 18.8 Å². The Balaban J connectivity index is 1.63. The van der Waals surface area contributed by atoms with Crippen LogP contribution >= 0.6 is 0 Å². The van der Waals surface area contributed by atoms with Crippen LogP contribution in [-0.4, -0.2) is 38.8 Å². The molecule has 4 aromatic rings. The largest absolute Gasteiger partial charge is 0.396 e. The number of H-pyrrole nitrogens is 2. The van der Waals surface area contributed by atoms with E-state index in [9.17, 15) is 9.59 Å². The van der Waals surface area contributed by atoms with Gasteiger partial charge in [0.05, 0.1) is 22.4 Å². The molecule has 7 nitrogen and oxygen atoms in total. The molecule has 140 valence electrons. The van der Waals surface area contributed by atoms with E-state index < -0.39 is 0 Å². The van der Waals surface area contributed by atoms with Gasteiger partial charge in [-0.3, -0.25) is 9.59 Å². The molecule has 0 atom stereocenters. The molecule has 1 amide bonds. The maximum Gasteiger partial charge on any atom is 0.276 e. The highest BCUT2D eigenvalue weighted by molar-refractivity contribution is 6.04. The van der Waals surface area contributed by atoms with Crippen LogP contribution in [0, 0.1) is 0 Å². The van der Waals surface area contributed by atoms with Gasteiger partial charge in [-0.2, -0.15) is 0 Å². The zero-order valence-electron chi connectivity index (χ0n) is 15.2. The fourth-order valence-electron chi connectivity index (χ4n) is 3.83. The summed E-state index contributed by atoms with van der Waals surface area (Å²) in [5.74, 6) is 0.0169. The number of hydrogen-bond donors (Lipinski definition) is 3. The molecule has 0 aliphatic carbocycles. The quantitative estimate of drug-likeness (QED) is 0.502. The van der Waals surface area contributed by atoms with E-state index in [0.717, 1.165) is 36.8 Å². The Hall–Kier alpha value is -3.61. The van der Waals surface area contributed by atoms with Crippen LogP contribution in [0.5, 0.6) is 0 Å². The van der Waals surface area contributed by atoms with Crippen LogP contribution < -0.4 is 11.3 Å². The smallest absolute Gasteiger partial charge is 0.276 e. The van der Waals surface area contributed by atoms with Crippen molar-refractivity contribution < 1.29 is 4.79 Å². The molecule has 2 aromatic heterocycles. The number of nitrogen functional groups attached to an aromatic ring is 1. The number of nitrogens with zero attached hydrogens (tertiary/aromatic N) is 2. The summed E-state index contributed by atoms with van der Waals surface area (Å²) in [6.07, 6.45) is 2.08. The van der Waals surface area contributed by atoms with Crippen molar-refractivity contribution in [2.45, 2.75) is 12.8 Å². The monoisotopic (exact) mass is 373 g/mol. The summed E-state index contributed by atoms with van der Waals surface area (Å²) in [5.41, 5.74) is 9.88. The molecule has 1 saturated heterocycles. The number of amides is 1. The topological polar surface area (TPSA) is 108 Å².